The molecule has 1 heteroatoms. The summed E-state index contributed by atoms with van der Waals surface area (Å²) in [5.74, 6) is 0. The maximum absolute atomic E-state index is 2.54. The van der Waals surface area contributed by atoms with Crippen molar-refractivity contribution in [3.8, 4) is 83.6 Å². The van der Waals surface area contributed by atoms with Crippen LogP contribution in [0.4, 0.5) is 0 Å². The van der Waals surface area contributed by atoms with Crippen molar-refractivity contribution >= 4 is 21.8 Å². The summed E-state index contributed by atoms with van der Waals surface area (Å²) in [7, 11) is 0. The van der Waals surface area contributed by atoms with Gasteiger partial charge in [0.25, 0.3) is 0 Å². The van der Waals surface area contributed by atoms with Crippen LogP contribution in [0.3, 0.4) is 0 Å². The van der Waals surface area contributed by atoms with Crippen LogP contribution in [0.1, 0.15) is 97.2 Å². The number of nitrogens with zero attached hydrogens (tertiary/aromatic N) is 1. The molecule has 0 bridgehead atoms. The van der Waals surface area contributed by atoms with Gasteiger partial charge in [0, 0.05) is 16.3 Å². The van der Waals surface area contributed by atoms with Gasteiger partial charge in [-0.2, -0.15) is 0 Å². The molecule has 0 atom stereocenters. The number of hydrogen-bond acceptors (Lipinski definition) is 0. The van der Waals surface area contributed by atoms with Gasteiger partial charge in [0.1, 0.15) is 0 Å². The largest absolute Gasteiger partial charge is 0.309 e. The highest BCUT2D eigenvalue weighted by Gasteiger charge is 2.24. The third kappa shape index (κ3) is 10.4. The number of aryl methyl sites for hydroxylation is 8. The third-order valence-corrected chi connectivity index (χ3v) is 15.6. The first-order valence-electron chi connectivity index (χ1n) is 27.6. The molecule has 0 aliphatic heterocycles. The van der Waals surface area contributed by atoms with Crippen LogP contribution >= 0.6 is 0 Å². The van der Waals surface area contributed by atoms with Crippen LogP contribution < -0.4 is 0 Å². The van der Waals surface area contributed by atoms with E-state index in [1.807, 2.05) is 0 Å². The fourth-order valence-corrected chi connectivity index (χ4v) is 12.0. The Balaban J connectivity index is 1.19. The first-order chi connectivity index (χ1) is 36.6. The molecule has 0 radical (unpaired) electrons. The topological polar surface area (TPSA) is 4.93 Å². The molecule has 11 rings (SSSR count). The fraction of sp³-hybridized carbons (Fsp3) is 0.211. The van der Waals surface area contributed by atoms with E-state index in [9.17, 15) is 0 Å². The Labute approximate surface area is 459 Å². The minimum Gasteiger partial charge on any atom is -0.309 e. The first-order valence-corrected chi connectivity index (χ1v) is 27.6. The molecule has 0 fully saturated rings. The summed E-state index contributed by atoms with van der Waals surface area (Å²) in [6.07, 6.45) is 0. The summed E-state index contributed by atoms with van der Waals surface area (Å²) < 4.78 is 2.54. The molecular formula is C76H73N. The molecule has 0 unspecified atom stereocenters. The van der Waals surface area contributed by atoms with Gasteiger partial charge < -0.3 is 4.57 Å². The molecule has 77 heavy (non-hydrogen) atoms. The molecule has 1 heterocycles. The quantitative estimate of drug-likeness (QED) is 0.143. The molecule has 0 N–H and O–H groups in total. The van der Waals surface area contributed by atoms with Crippen molar-refractivity contribution in [1.82, 2.24) is 4.57 Å². The molecule has 10 aromatic carbocycles. The normalized spacial score (nSPS) is 12.0. The van der Waals surface area contributed by atoms with Gasteiger partial charge in [-0.15, -0.1) is 0 Å². The molecule has 11 aromatic rings. The zero-order valence-electron chi connectivity index (χ0n) is 47.8. The highest BCUT2D eigenvalue weighted by molar-refractivity contribution is 6.12. The molecule has 0 aliphatic carbocycles. The molecular weight excluding hydrogens is 927 g/mol. The van der Waals surface area contributed by atoms with Gasteiger partial charge in [0.2, 0.25) is 0 Å². The second-order valence-electron chi connectivity index (χ2n) is 24.7. The predicted molar refractivity (Wildman–Crippen MR) is 334 cm³/mol. The smallest absolute Gasteiger partial charge is 0.0541 e. The van der Waals surface area contributed by atoms with E-state index in [2.05, 4.69) is 290 Å². The average molecular weight is 1000 g/mol. The zero-order valence-corrected chi connectivity index (χ0v) is 47.8. The first kappa shape index (κ1) is 51.1. The van der Waals surface area contributed by atoms with Crippen LogP contribution in [0.15, 0.2) is 188 Å². The van der Waals surface area contributed by atoms with Crippen LogP contribution in [0, 0.1) is 55.4 Å². The van der Waals surface area contributed by atoms with Crippen molar-refractivity contribution in [3.05, 3.63) is 244 Å². The van der Waals surface area contributed by atoms with Gasteiger partial charge >= 0.3 is 0 Å². The molecule has 0 amide bonds. The summed E-state index contributed by atoms with van der Waals surface area (Å²) in [5.41, 5.74) is 33.4. The molecule has 1 aromatic heterocycles. The number of fused-ring (bicyclic) bond motifs is 3. The predicted octanol–water partition coefficient (Wildman–Crippen LogP) is 21.5. The fourth-order valence-electron chi connectivity index (χ4n) is 12.0. The van der Waals surface area contributed by atoms with Gasteiger partial charge in [-0.05, 0) is 216 Å². The lowest BCUT2D eigenvalue weighted by atomic mass is 9.79. The van der Waals surface area contributed by atoms with Crippen molar-refractivity contribution in [2.75, 3.05) is 0 Å². The summed E-state index contributed by atoms with van der Waals surface area (Å²) in [6, 6.07) is 72.9. The van der Waals surface area contributed by atoms with Crippen LogP contribution in [0.25, 0.3) is 105 Å². The number of hydrogen-bond donors (Lipinski definition) is 0. The summed E-state index contributed by atoms with van der Waals surface area (Å²) in [6.45, 7) is 31.6. The molecule has 0 saturated heterocycles. The molecule has 0 aliphatic rings. The maximum atomic E-state index is 2.54. The van der Waals surface area contributed by atoms with E-state index in [1.165, 1.54) is 161 Å². The highest BCUT2D eigenvalue weighted by atomic mass is 15.0. The summed E-state index contributed by atoms with van der Waals surface area (Å²) in [4.78, 5) is 0. The Kier molecular flexibility index (Phi) is 13.0. The van der Waals surface area contributed by atoms with Crippen molar-refractivity contribution in [3.63, 3.8) is 0 Å². The van der Waals surface area contributed by atoms with Gasteiger partial charge in [-0.25, -0.2) is 0 Å². The van der Waals surface area contributed by atoms with E-state index < -0.39 is 0 Å². The minimum absolute atomic E-state index is 0.0222. The van der Waals surface area contributed by atoms with Crippen molar-refractivity contribution in [1.29, 1.82) is 0 Å². The monoisotopic (exact) mass is 1000 g/mol. The van der Waals surface area contributed by atoms with Crippen molar-refractivity contribution in [2.45, 2.75) is 108 Å². The van der Waals surface area contributed by atoms with Crippen LogP contribution in [-0.2, 0) is 10.8 Å². The second-order valence-corrected chi connectivity index (χ2v) is 24.7. The minimum atomic E-state index is -0.0222. The number of rotatable bonds is 8. The Bertz CT molecular complexity index is 3670. The molecule has 0 saturated carbocycles. The Morgan fingerprint density at radius 1 is 0.247 bits per heavy atom. The molecule has 382 valence electrons. The van der Waals surface area contributed by atoms with Gasteiger partial charge in [0.05, 0.1) is 16.7 Å². The summed E-state index contributed by atoms with van der Waals surface area (Å²) in [5, 5.41) is 2.44. The van der Waals surface area contributed by atoms with E-state index in [0.29, 0.717) is 0 Å². The lowest BCUT2D eigenvalue weighted by molar-refractivity contribution is 0.569. The van der Waals surface area contributed by atoms with E-state index >= 15 is 0 Å². The molecule has 1 nitrogen and oxygen atoms in total. The van der Waals surface area contributed by atoms with E-state index in [1.54, 1.807) is 0 Å². The number of para-hydroxylation sites is 1. The van der Waals surface area contributed by atoms with Crippen molar-refractivity contribution in [2.24, 2.45) is 0 Å². The third-order valence-electron chi connectivity index (χ3n) is 15.6. The van der Waals surface area contributed by atoms with E-state index in [-0.39, 0.29) is 10.8 Å². The van der Waals surface area contributed by atoms with Gasteiger partial charge in [-0.1, -0.05) is 207 Å². The van der Waals surface area contributed by atoms with Crippen LogP contribution in [-0.4, -0.2) is 4.57 Å². The molecule has 0 spiro atoms. The second kappa shape index (κ2) is 19.5. The maximum Gasteiger partial charge on any atom is 0.0541 e. The van der Waals surface area contributed by atoms with Gasteiger partial charge in [-0.3, -0.25) is 0 Å². The lowest BCUT2D eigenvalue weighted by Crippen LogP contribution is -2.16. The number of benzene rings is 10. The van der Waals surface area contributed by atoms with Crippen molar-refractivity contribution < 1.29 is 0 Å². The van der Waals surface area contributed by atoms with Gasteiger partial charge in [0.15, 0.2) is 0 Å². The van der Waals surface area contributed by atoms with Crippen LogP contribution in [0.5, 0.6) is 0 Å². The van der Waals surface area contributed by atoms with E-state index in [4.69, 9.17) is 0 Å². The number of aromatic nitrogens is 1. The Hall–Kier alpha value is -8.00. The lowest BCUT2D eigenvalue weighted by Gasteiger charge is -2.27. The zero-order chi connectivity index (χ0) is 54.2. The highest BCUT2D eigenvalue weighted by Crippen LogP contribution is 2.44. The Morgan fingerprint density at radius 3 is 0.844 bits per heavy atom. The Morgan fingerprint density at radius 2 is 0.532 bits per heavy atom. The van der Waals surface area contributed by atoms with Crippen LogP contribution in [0.2, 0.25) is 0 Å². The summed E-state index contributed by atoms with van der Waals surface area (Å²) >= 11 is 0. The standard InChI is InChI=1S/C76H73N/c1-46-23-47(2)28-56(27-46)62-35-60(36-63(39-62)57-29-48(3)24-49(4)30-57)54-19-21-73-70(43-54)71-44-55(61-37-64(58-31-50(5)25-51(6)32-58)40-65(38-61)59-33-52(7)26-53(8)34-59)20-22-74(71)77(73)72-18-16-15-17-69(72)66-41-67(75(9,10)11)45-68(42-66)76(12,13)14/h15-45H,1-14H3. The SMILES string of the molecule is Cc1cc(C)cc(-c2cc(-c3cc(C)cc(C)c3)cc(-c3ccc4c(c3)c3cc(-c5cc(-c6cc(C)cc(C)c6)cc(-c6cc(C)cc(C)c6)c5)ccc3n4-c3ccccc3-c3cc(C(C)(C)C)cc(C(C)(C)C)c3)c2)c1. The average Bonchev–Trinajstić information content (AvgIpc) is 3.70. The van der Waals surface area contributed by atoms with E-state index in [0.717, 1.165) is 0 Å².